The fourth-order valence-corrected chi connectivity index (χ4v) is 6.40. The van der Waals surface area contributed by atoms with Crippen LogP contribution in [0.25, 0.3) is 0 Å². The van der Waals surface area contributed by atoms with E-state index >= 15 is 0 Å². The third-order valence-corrected chi connectivity index (χ3v) is 8.38. The molecule has 4 aliphatic rings. The first-order chi connectivity index (χ1) is 18.0. The van der Waals surface area contributed by atoms with E-state index in [0.717, 1.165) is 43.5 Å². The molecule has 9 nitrogen and oxygen atoms in total. The highest BCUT2D eigenvalue weighted by molar-refractivity contribution is 5.86. The Hall–Kier alpha value is -2.85. The van der Waals surface area contributed by atoms with Crippen LogP contribution in [0.15, 0.2) is 24.0 Å². The van der Waals surface area contributed by atoms with Crippen molar-refractivity contribution in [2.45, 2.75) is 81.2 Å². The normalized spacial score (nSPS) is 27.4. The van der Waals surface area contributed by atoms with Gasteiger partial charge in [0.2, 0.25) is 6.79 Å². The lowest BCUT2D eigenvalue weighted by Crippen LogP contribution is -2.49. The molecule has 1 saturated heterocycles. The van der Waals surface area contributed by atoms with Gasteiger partial charge in [-0.05, 0) is 81.8 Å². The molecule has 1 N–H and O–H groups in total. The molecule has 38 heavy (non-hydrogen) atoms. The van der Waals surface area contributed by atoms with E-state index in [1.165, 1.54) is 28.1 Å². The topological polar surface area (TPSA) is 104 Å². The molecule has 0 bridgehead atoms. The third kappa shape index (κ3) is 4.62. The second kappa shape index (κ2) is 9.72. The number of hydrogen-bond acceptors (Lipinski definition) is 9. The van der Waals surface area contributed by atoms with E-state index in [1.54, 1.807) is 0 Å². The number of halogens is 1. The van der Waals surface area contributed by atoms with Crippen molar-refractivity contribution in [2.75, 3.05) is 34.1 Å². The number of carbonyl (C=O) groups is 2. The zero-order valence-electron chi connectivity index (χ0n) is 22.4. The van der Waals surface area contributed by atoms with Gasteiger partial charge < -0.3 is 28.8 Å². The number of fused-ring (bicyclic) bond motifs is 3. The van der Waals surface area contributed by atoms with E-state index in [1.807, 2.05) is 18.2 Å². The number of rotatable bonds is 8. The average Bonchev–Trinajstić information content (AvgIpc) is 3.56. The van der Waals surface area contributed by atoms with Crippen molar-refractivity contribution >= 4 is 11.9 Å². The summed E-state index contributed by atoms with van der Waals surface area (Å²) in [5.74, 6) is -0.335. The molecule has 1 spiro atoms. The Labute approximate surface area is 221 Å². The summed E-state index contributed by atoms with van der Waals surface area (Å²) in [4.78, 5) is 28.2. The van der Waals surface area contributed by atoms with Crippen LogP contribution in [0.4, 0.5) is 4.39 Å². The monoisotopic (exact) mass is 533 g/mol. The highest BCUT2D eigenvalue weighted by Crippen LogP contribution is 2.55. The maximum absolute atomic E-state index is 14.4. The predicted octanol–water partition coefficient (Wildman–Crippen LogP) is 3.17. The number of alkyl halides is 1. The smallest absolute Gasteiger partial charge is 0.339 e. The molecule has 0 saturated carbocycles. The Morgan fingerprint density at radius 1 is 1.18 bits per heavy atom. The molecule has 3 heterocycles. The Kier molecular flexibility index (Phi) is 6.84. The molecular weight excluding hydrogens is 497 g/mol. The molecule has 3 unspecified atom stereocenters. The minimum atomic E-state index is -2.26. The Morgan fingerprint density at radius 2 is 1.92 bits per heavy atom. The molecule has 1 aromatic carbocycles. The van der Waals surface area contributed by atoms with Gasteiger partial charge in [-0.25, -0.2) is 9.18 Å². The van der Waals surface area contributed by atoms with Gasteiger partial charge in [0.05, 0.1) is 32.1 Å². The molecule has 0 radical (unpaired) electrons. The lowest BCUT2D eigenvalue weighted by molar-refractivity contribution is -0.179. The van der Waals surface area contributed by atoms with Crippen LogP contribution in [0.3, 0.4) is 0 Å². The zero-order valence-corrected chi connectivity index (χ0v) is 22.4. The highest BCUT2D eigenvalue weighted by atomic mass is 19.1. The maximum Gasteiger partial charge on any atom is 0.339 e. The van der Waals surface area contributed by atoms with Crippen molar-refractivity contribution in [3.8, 4) is 11.5 Å². The molecule has 1 aromatic rings. The zero-order chi connectivity index (χ0) is 27.3. The van der Waals surface area contributed by atoms with Gasteiger partial charge >= 0.3 is 11.9 Å². The average molecular weight is 534 g/mol. The summed E-state index contributed by atoms with van der Waals surface area (Å²) in [5, 5.41) is 11.4. The van der Waals surface area contributed by atoms with Crippen molar-refractivity contribution < 1.29 is 42.8 Å². The van der Waals surface area contributed by atoms with Gasteiger partial charge in [0.1, 0.15) is 11.4 Å². The summed E-state index contributed by atoms with van der Waals surface area (Å²) in [6.45, 7) is 4.56. The first-order valence-corrected chi connectivity index (χ1v) is 13.1. The lowest BCUT2D eigenvalue weighted by Gasteiger charge is -2.39. The van der Waals surface area contributed by atoms with Crippen LogP contribution in [-0.4, -0.2) is 79.0 Å². The van der Waals surface area contributed by atoms with Crippen LogP contribution in [0.1, 0.15) is 63.0 Å². The van der Waals surface area contributed by atoms with Crippen molar-refractivity contribution in [2.24, 2.45) is 0 Å². The first kappa shape index (κ1) is 26.7. The van der Waals surface area contributed by atoms with Crippen LogP contribution < -0.4 is 9.47 Å². The molecule has 0 aromatic heterocycles. The molecule has 4 atom stereocenters. The van der Waals surface area contributed by atoms with Crippen LogP contribution >= 0.6 is 0 Å². The number of hydrogen-bond donors (Lipinski definition) is 1. The number of carbonyl (C=O) groups excluding carboxylic acids is 2. The molecule has 0 amide bonds. The van der Waals surface area contributed by atoms with Gasteiger partial charge in [-0.3, -0.25) is 9.69 Å². The summed E-state index contributed by atoms with van der Waals surface area (Å²) in [6.07, 6.45) is 2.69. The first-order valence-electron chi connectivity index (χ1n) is 13.1. The Balaban J connectivity index is 1.53. The second-order valence-electron chi connectivity index (χ2n) is 11.3. The van der Waals surface area contributed by atoms with Gasteiger partial charge in [-0.2, -0.15) is 0 Å². The molecule has 208 valence electrons. The number of benzene rings is 1. The van der Waals surface area contributed by atoms with E-state index in [4.69, 9.17) is 23.7 Å². The number of ether oxygens (including phenoxy) is 5. The van der Waals surface area contributed by atoms with Crippen LogP contribution in [0.5, 0.6) is 11.5 Å². The largest absolute Gasteiger partial charge is 0.497 e. The minimum absolute atomic E-state index is 0.144. The molecule has 1 aliphatic carbocycles. The number of esters is 2. The summed E-state index contributed by atoms with van der Waals surface area (Å²) in [6, 6.07) is 3.96. The van der Waals surface area contributed by atoms with Gasteiger partial charge in [0, 0.05) is 6.54 Å². The van der Waals surface area contributed by atoms with Gasteiger partial charge in [-0.1, -0.05) is 0 Å². The van der Waals surface area contributed by atoms with Gasteiger partial charge in [0.25, 0.3) is 0 Å². The van der Waals surface area contributed by atoms with Gasteiger partial charge in [-0.15, -0.1) is 0 Å². The van der Waals surface area contributed by atoms with Crippen molar-refractivity contribution in [1.29, 1.82) is 0 Å². The van der Waals surface area contributed by atoms with E-state index in [-0.39, 0.29) is 25.6 Å². The fourth-order valence-electron chi connectivity index (χ4n) is 6.40. The molecular formula is C28H36FNO8. The van der Waals surface area contributed by atoms with E-state index in [0.29, 0.717) is 17.3 Å². The Bertz CT molecular complexity index is 1150. The van der Waals surface area contributed by atoms with Crippen LogP contribution in [0.2, 0.25) is 0 Å². The Morgan fingerprint density at radius 3 is 2.61 bits per heavy atom. The highest BCUT2D eigenvalue weighted by Gasteiger charge is 2.59. The standard InChI is InChI=1S/C28H36FNO8/c1-26(2,29)8-9-28(33,15-22(31)35-4)25(32)38-24-21(34-3)14-27-7-5-10-30(27)11-6-17-12-19-20(37-16-36-19)13-18(17)23(24)27/h12-14,23-24,33H,5-11,15-16H2,1-4H3/t23?,24?,27-,28?/m1/s1. The van der Waals surface area contributed by atoms with Crippen LogP contribution in [-0.2, 0) is 30.2 Å². The SMILES string of the molecule is COC(=O)CC(O)(CCC(C)(C)F)C(=O)OC1C(OC)=C[C@@]23CCCN2CCc2cc4c(cc2C13)OCO4. The summed E-state index contributed by atoms with van der Waals surface area (Å²) >= 11 is 0. The summed E-state index contributed by atoms with van der Waals surface area (Å²) in [5.41, 5.74) is -2.32. The van der Waals surface area contributed by atoms with E-state index in [9.17, 15) is 19.1 Å². The number of methoxy groups -OCH3 is 2. The van der Waals surface area contributed by atoms with Crippen LogP contribution in [0, 0.1) is 0 Å². The molecule has 3 aliphatic heterocycles. The fraction of sp³-hybridized carbons (Fsp3) is 0.643. The van der Waals surface area contributed by atoms with Crippen molar-refractivity contribution in [3.63, 3.8) is 0 Å². The van der Waals surface area contributed by atoms with E-state index in [2.05, 4.69) is 4.90 Å². The molecule has 1 fully saturated rings. The lowest BCUT2D eigenvalue weighted by atomic mass is 9.77. The minimum Gasteiger partial charge on any atom is -0.497 e. The van der Waals surface area contributed by atoms with Crippen molar-refractivity contribution in [1.82, 2.24) is 4.90 Å². The summed E-state index contributed by atoms with van der Waals surface area (Å²) < 4.78 is 42.3. The van der Waals surface area contributed by atoms with E-state index < -0.39 is 41.3 Å². The maximum atomic E-state index is 14.4. The predicted molar refractivity (Wildman–Crippen MR) is 134 cm³/mol. The third-order valence-electron chi connectivity index (χ3n) is 8.38. The van der Waals surface area contributed by atoms with Crippen molar-refractivity contribution in [3.05, 3.63) is 35.1 Å². The number of nitrogens with zero attached hydrogens (tertiary/aromatic N) is 1. The summed E-state index contributed by atoms with van der Waals surface area (Å²) in [7, 11) is 2.70. The molecule has 5 rings (SSSR count). The molecule has 10 heteroatoms. The number of aliphatic hydroxyl groups is 1. The van der Waals surface area contributed by atoms with Gasteiger partial charge in [0.15, 0.2) is 23.2 Å². The second-order valence-corrected chi connectivity index (χ2v) is 11.3. The quantitative estimate of drug-likeness (QED) is 0.505.